The number of aromatic amines is 1. The van der Waals surface area contributed by atoms with Crippen LogP contribution in [0.1, 0.15) is 22.3 Å². The van der Waals surface area contributed by atoms with Crippen molar-refractivity contribution in [2.75, 3.05) is 6.61 Å². The van der Waals surface area contributed by atoms with Crippen molar-refractivity contribution >= 4 is 16.8 Å². The summed E-state index contributed by atoms with van der Waals surface area (Å²) >= 11 is 0. The van der Waals surface area contributed by atoms with Crippen molar-refractivity contribution in [1.82, 2.24) is 4.98 Å². The molecule has 0 atom stereocenters. The normalized spacial score (nSPS) is 10.8. The highest BCUT2D eigenvalue weighted by atomic mass is 16.2. The summed E-state index contributed by atoms with van der Waals surface area (Å²) in [6.07, 6.45) is 3.41. The van der Waals surface area contributed by atoms with Crippen LogP contribution in [0.4, 0.5) is 0 Å². The first-order valence-electron chi connectivity index (χ1n) is 5.23. The Morgan fingerprint density at radius 1 is 1.44 bits per heavy atom. The lowest BCUT2D eigenvalue weighted by Crippen LogP contribution is -2.10. The third-order valence-corrected chi connectivity index (χ3v) is 2.66. The van der Waals surface area contributed by atoms with E-state index in [1.807, 2.05) is 12.3 Å². The van der Waals surface area contributed by atoms with Gasteiger partial charge in [-0.25, -0.2) is 0 Å². The van der Waals surface area contributed by atoms with Gasteiger partial charge in [-0.15, -0.1) is 0 Å². The topological polar surface area (TPSA) is 79.1 Å². The van der Waals surface area contributed by atoms with Gasteiger partial charge in [-0.2, -0.15) is 0 Å². The molecule has 0 bridgehead atoms. The fourth-order valence-corrected chi connectivity index (χ4v) is 1.81. The van der Waals surface area contributed by atoms with Crippen LogP contribution in [-0.4, -0.2) is 22.6 Å². The lowest BCUT2D eigenvalue weighted by atomic mass is 10.1. The van der Waals surface area contributed by atoms with Gasteiger partial charge in [-0.1, -0.05) is 0 Å². The summed E-state index contributed by atoms with van der Waals surface area (Å²) in [5.41, 5.74) is 7.83. The highest BCUT2D eigenvalue weighted by Crippen LogP contribution is 2.20. The first-order valence-corrected chi connectivity index (χ1v) is 5.23. The van der Waals surface area contributed by atoms with Crippen LogP contribution in [0, 0.1) is 0 Å². The Bertz CT molecular complexity index is 517. The van der Waals surface area contributed by atoms with Crippen LogP contribution in [0.3, 0.4) is 0 Å². The predicted molar refractivity (Wildman–Crippen MR) is 62.2 cm³/mol. The zero-order valence-electron chi connectivity index (χ0n) is 8.86. The fourth-order valence-electron chi connectivity index (χ4n) is 1.81. The molecule has 0 saturated heterocycles. The van der Waals surface area contributed by atoms with E-state index in [2.05, 4.69) is 4.98 Å². The number of aliphatic hydroxyl groups is 1. The molecule has 84 valence electrons. The van der Waals surface area contributed by atoms with Crippen LogP contribution in [0.2, 0.25) is 0 Å². The van der Waals surface area contributed by atoms with Crippen molar-refractivity contribution in [1.29, 1.82) is 0 Å². The third-order valence-electron chi connectivity index (χ3n) is 2.66. The second kappa shape index (κ2) is 4.37. The zero-order valence-corrected chi connectivity index (χ0v) is 8.86. The molecular weight excluding hydrogens is 204 g/mol. The van der Waals surface area contributed by atoms with Gasteiger partial charge in [0.2, 0.25) is 5.91 Å². The Balaban J connectivity index is 2.43. The quantitative estimate of drug-likeness (QED) is 0.720. The lowest BCUT2D eigenvalue weighted by molar-refractivity contribution is 0.100. The Morgan fingerprint density at radius 2 is 2.25 bits per heavy atom. The van der Waals surface area contributed by atoms with Gasteiger partial charge in [-0.05, 0) is 36.6 Å². The summed E-state index contributed by atoms with van der Waals surface area (Å²) in [6, 6.07) is 5.34. The number of aryl methyl sites for hydroxylation is 1. The summed E-state index contributed by atoms with van der Waals surface area (Å²) in [5, 5.41) is 9.80. The van der Waals surface area contributed by atoms with E-state index in [4.69, 9.17) is 10.8 Å². The number of nitrogens with two attached hydrogens (primary N) is 1. The standard InChI is InChI=1S/C12H14N2O2/c13-12(16)8-3-4-11-10(6-8)9(7-14-11)2-1-5-15/h3-4,6-7,14-15H,1-2,5H2,(H2,13,16). The predicted octanol–water partition coefficient (Wildman–Crippen LogP) is 1.19. The Morgan fingerprint density at radius 3 is 2.94 bits per heavy atom. The molecule has 1 amide bonds. The SMILES string of the molecule is NC(=O)c1ccc2[nH]cc(CCCO)c2c1. The second-order valence-electron chi connectivity index (χ2n) is 3.77. The molecule has 0 aliphatic carbocycles. The van der Waals surface area contributed by atoms with E-state index in [1.165, 1.54) is 0 Å². The van der Waals surface area contributed by atoms with E-state index < -0.39 is 5.91 Å². The number of hydrogen-bond donors (Lipinski definition) is 3. The molecule has 0 radical (unpaired) electrons. The molecule has 4 heteroatoms. The van der Waals surface area contributed by atoms with Crippen LogP contribution in [-0.2, 0) is 6.42 Å². The Hall–Kier alpha value is -1.81. The van der Waals surface area contributed by atoms with Crippen molar-refractivity contribution < 1.29 is 9.90 Å². The van der Waals surface area contributed by atoms with E-state index in [9.17, 15) is 4.79 Å². The number of primary amides is 1. The molecule has 0 fully saturated rings. The second-order valence-corrected chi connectivity index (χ2v) is 3.77. The molecule has 16 heavy (non-hydrogen) atoms. The number of fused-ring (bicyclic) bond motifs is 1. The largest absolute Gasteiger partial charge is 0.396 e. The molecule has 0 spiro atoms. The fraction of sp³-hybridized carbons (Fsp3) is 0.250. The molecule has 0 aliphatic rings. The van der Waals surface area contributed by atoms with Gasteiger partial charge in [0.1, 0.15) is 0 Å². The smallest absolute Gasteiger partial charge is 0.248 e. The molecular formula is C12H14N2O2. The van der Waals surface area contributed by atoms with E-state index in [0.717, 1.165) is 22.9 Å². The van der Waals surface area contributed by atoms with Gasteiger partial charge in [0.15, 0.2) is 0 Å². The number of hydrogen-bond acceptors (Lipinski definition) is 2. The van der Waals surface area contributed by atoms with Gasteiger partial charge < -0.3 is 15.8 Å². The average Bonchev–Trinajstić information content (AvgIpc) is 2.68. The number of benzene rings is 1. The lowest BCUT2D eigenvalue weighted by Gasteiger charge is -1.99. The summed E-state index contributed by atoms with van der Waals surface area (Å²) in [4.78, 5) is 14.2. The van der Waals surface area contributed by atoms with Crippen molar-refractivity contribution in [3.05, 3.63) is 35.5 Å². The van der Waals surface area contributed by atoms with E-state index >= 15 is 0 Å². The number of carbonyl (C=O) groups excluding carboxylic acids is 1. The summed E-state index contributed by atoms with van der Waals surface area (Å²) < 4.78 is 0. The van der Waals surface area contributed by atoms with Gasteiger partial charge in [0.05, 0.1) is 0 Å². The van der Waals surface area contributed by atoms with Crippen molar-refractivity contribution in [3.63, 3.8) is 0 Å². The molecule has 2 rings (SSSR count). The van der Waals surface area contributed by atoms with Crippen molar-refractivity contribution in [2.45, 2.75) is 12.8 Å². The molecule has 4 N–H and O–H groups in total. The number of amides is 1. The van der Waals surface area contributed by atoms with E-state index in [0.29, 0.717) is 12.0 Å². The maximum absolute atomic E-state index is 11.1. The van der Waals surface area contributed by atoms with Crippen LogP contribution < -0.4 is 5.73 Å². The zero-order chi connectivity index (χ0) is 11.5. The highest BCUT2D eigenvalue weighted by molar-refractivity contribution is 5.97. The maximum Gasteiger partial charge on any atom is 0.248 e. The van der Waals surface area contributed by atoms with E-state index in [-0.39, 0.29) is 6.61 Å². The molecule has 1 aromatic heterocycles. The first-order chi connectivity index (χ1) is 7.72. The molecule has 2 aromatic rings. The molecule has 1 aromatic carbocycles. The van der Waals surface area contributed by atoms with Gasteiger partial charge in [-0.3, -0.25) is 4.79 Å². The summed E-state index contributed by atoms with van der Waals surface area (Å²) in [5.74, 6) is -0.420. The minimum Gasteiger partial charge on any atom is -0.396 e. The highest BCUT2D eigenvalue weighted by Gasteiger charge is 2.06. The van der Waals surface area contributed by atoms with Crippen LogP contribution in [0.5, 0.6) is 0 Å². The van der Waals surface area contributed by atoms with E-state index in [1.54, 1.807) is 12.1 Å². The summed E-state index contributed by atoms with van der Waals surface area (Å²) in [7, 11) is 0. The number of H-pyrrole nitrogens is 1. The monoisotopic (exact) mass is 218 g/mol. The van der Waals surface area contributed by atoms with Gasteiger partial charge in [0, 0.05) is 29.3 Å². The number of nitrogens with one attached hydrogen (secondary N) is 1. The number of rotatable bonds is 4. The third kappa shape index (κ3) is 1.92. The van der Waals surface area contributed by atoms with Gasteiger partial charge >= 0.3 is 0 Å². The molecule has 0 unspecified atom stereocenters. The first kappa shape index (κ1) is 10.7. The number of aromatic nitrogens is 1. The summed E-state index contributed by atoms with van der Waals surface area (Å²) in [6.45, 7) is 0.169. The Labute approximate surface area is 93.1 Å². The minimum atomic E-state index is -0.420. The molecule has 1 heterocycles. The number of carbonyl (C=O) groups is 1. The van der Waals surface area contributed by atoms with Crippen LogP contribution in [0.15, 0.2) is 24.4 Å². The maximum atomic E-state index is 11.1. The van der Waals surface area contributed by atoms with Gasteiger partial charge in [0.25, 0.3) is 0 Å². The average molecular weight is 218 g/mol. The molecule has 0 saturated carbocycles. The van der Waals surface area contributed by atoms with Crippen LogP contribution >= 0.6 is 0 Å². The Kier molecular flexibility index (Phi) is 2.92. The number of aliphatic hydroxyl groups excluding tert-OH is 1. The van der Waals surface area contributed by atoms with Crippen molar-refractivity contribution in [3.8, 4) is 0 Å². The molecule has 4 nitrogen and oxygen atoms in total. The van der Waals surface area contributed by atoms with Crippen LogP contribution in [0.25, 0.3) is 10.9 Å². The minimum absolute atomic E-state index is 0.169. The van der Waals surface area contributed by atoms with Crippen molar-refractivity contribution in [2.24, 2.45) is 5.73 Å². The molecule has 0 aliphatic heterocycles.